The number of rotatable bonds is 4. The molecule has 39 heavy (non-hydrogen) atoms. The van der Waals surface area contributed by atoms with Crippen LogP contribution < -0.4 is 0 Å². The van der Waals surface area contributed by atoms with Crippen molar-refractivity contribution >= 4 is 29.7 Å². The maximum absolute atomic E-state index is 14.2. The first-order valence-corrected chi connectivity index (χ1v) is 12.8. The van der Waals surface area contributed by atoms with Gasteiger partial charge in [-0.1, -0.05) is 53.0 Å². The normalized spacial score (nSPS) is 35.5. The molecule has 1 saturated carbocycles. The van der Waals surface area contributed by atoms with Crippen molar-refractivity contribution in [3.63, 3.8) is 0 Å². The zero-order valence-corrected chi connectivity index (χ0v) is 24.0. The molecule has 0 amide bonds. The predicted molar refractivity (Wildman–Crippen MR) is 140 cm³/mol. The van der Waals surface area contributed by atoms with Gasteiger partial charge in [-0.25, -0.2) is 0 Å². The van der Waals surface area contributed by atoms with E-state index in [0.717, 1.165) is 20.8 Å². The number of ether oxygens (including phenoxy) is 4. The lowest BCUT2D eigenvalue weighted by Crippen LogP contribution is -2.70. The molecule has 0 aromatic heterocycles. The Bertz CT molecular complexity index is 1100. The Morgan fingerprint density at radius 1 is 0.923 bits per heavy atom. The molecule has 10 heteroatoms. The summed E-state index contributed by atoms with van der Waals surface area (Å²) < 4.78 is 22.4. The first-order chi connectivity index (χ1) is 17.8. The van der Waals surface area contributed by atoms with Gasteiger partial charge in [0, 0.05) is 57.8 Å². The number of esters is 4. The second-order valence-corrected chi connectivity index (χ2v) is 11.2. The lowest BCUT2D eigenvalue weighted by molar-refractivity contribution is -0.235. The molecule has 2 aliphatic rings. The number of ketones is 1. The van der Waals surface area contributed by atoms with Gasteiger partial charge in [0.05, 0.1) is 0 Å². The molecule has 7 atom stereocenters. The Balaban J connectivity index is 2.99. The first kappa shape index (κ1) is 31.9. The molecule has 1 fully saturated rings. The van der Waals surface area contributed by atoms with Gasteiger partial charge in [0.15, 0.2) is 17.5 Å². The Hall–Kier alpha value is -3.27. The summed E-state index contributed by atoms with van der Waals surface area (Å²) in [5.74, 6) is -5.42. The minimum absolute atomic E-state index is 0.0312. The largest absolute Gasteiger partial charge is 0.459 e. The number of aliphatic hydroxyl groups is 1. The molecule has 0 heterocycles. The van der Waals surface area contributed by atoms with Crippen LogP contribution in [-0.4, -0.2) is 64.3 Å². The molecule has 0 saturated heterocycles. The van der Waals surface area contributed by atoms with Crippen LogP contribution in [0.1, 0.15) is 68.2 Å². The molecule has 0 unspecified atom stereocenters. The Morgan fingerprint density at radius 3 is 1.95 bits per heavy atom. The van der Waals surface area contributed by atoms with E-state index in [1.807, 2.05) is 13.8 Å². The molecule has 216 valence electrons. The molecule has 0 aromatic rings. The summed E-state index contributed by atoms with van der Waals surface area (Å²) in [5.41, 5.74) is -5.15. The van der Waals surface area contributed by atoms with Crippen molar-refractivity contribution in [3.05, 3.63) is 36.5 Å². The molecule has 1 N–H and O–H groups in total. The molecular weight excluding hydrogens is 508 g/mol. The molecule has 0 spiro atoms. The highest BCUT2D eigenvalue weighted by molar-refractivity contribution is 5.95. The van der Waals surface area contributed by atoms with Crippen molar-refractivity contribution in [2.75, 3.05) is 0 Å². The number of allylic oxidation sites excluding steroid dienone is 2. The van der Waals surface area contributed by atoms with E-state index in [1.165, 1.54) is 6.92 Å². The molecule has 0 bridgehead atoms. The van der Waals surface area contributed by atoms with Gasteiger partial charge in [0.25, 0.3) is 0 Å². The molecule has 2 aliphatic carbocycles. The van der Waals surface area contributed by atoms with Crippen molar-refractivity contribution in [2.45, 2.75) is 97.7 Å². The van der Waals surface area contributed by atoms with Crippen molar-refractivity contribution in [1.82, 2.24) is 0 Å². The van der Waals surface area contributed by atoms with E-state index < -0.39 is 76.4 Å². The van der Waals surface area contributed by atoms with Gasteiger partial charge in [-0.15, -0.1) is 0 Å². The van der Waals surface area contributed by atoms with E-state index in [4.69, 9.17) is 18.9 Å². The summed E-state index contributed by atoms with van der Waals surface area (Å²) in [4.78, 5) is 63.3. The highest BCUT2D eigenvalue weighted by Gasteiger charge is 2.74. The molecule has 10 nitrogen and oxygen atoms in total. The van der Waals surface area contributed by atoms with Crippen LogP contribution in [-0.2, 0) is 42.9 Å². The monoisotopic (exact) mass is 548 g/mol. The Labute approximate surface area is 229 Å². The van der Waals surface area contributed by atoms with Crippen molar-refractivity contribution in [2.24, 2.45) is 17.3 Å². The van der Waals surface area contributed by atoms with Gasteiger partial charge in [-0.3, -0.25) is 24.0 Å². The van der Waals surface area contributed by atoms with Crippen molar-refractivity contribution < 1.29 is 48.0 Å². The Kier molecular flexibility index (Phi) is 9.38. The van der Waals surface area contributed by atoms with Gasteiger partial charge in [0.1, 0.15) is 12.2 Å². The Morgan fingerprint density at radius 2 is 1.46 bits per heavy atom. The van der Waals surface area contributed by atoms with Crippen LogP contribution >= 0.6 is 0 Å². The lowest BCUT2D eigenvalue weighted by Gasteiger charge is -2.47. The predicted octanol–water partition coefficient (Wildman–Crippen LogP) is 3.16. The van der Waals surface area contributed by atoms with Crippen LogP contribution in [0.25, 0.3) is 0 Å². The van der Waals surface area contributed by atoms with Gasteiger partial charge in [-0.2, -0.15) is 0 Å². The summed E-state index contributed by atoms with van der Waals surface area (Å²) in [7, 11) is 0. The van der Waals surface area contributed by atoms with Gasteiger partial charge in [-0.05, 0) is 11.1 Å². The maximum Gasteiger partial charge on any atom is 0.303 e. The SMILES string of the molecule is C=C1C[C@H](OC(C)=O)C(=C)C(C)(C)/C=C/[C@@H](C)C(=O)[C@@]2(OC(C)=O)C[C@H](C)[C@H](OC(C)=O)[C@]2(O)[C@H]1OC(C)=O. The van der Waals surface area contributed by atoms with E-state index in [1.54, 1.807) is 26.0 Å². The fourth-order valence-electron chi connectivity index (χ4n) is 5.64. The van der Waals surface area contributed by atoms with Crippen LogP contribution in [0.4, 0.5) is 0 Å². The maximum atomic E-state index is 14.2. The summed E-state index contributed by atoms with van der Waals surface area (Å²) in [6, 6.07) is 0. The molecule has 0 radical (unpaired) electrons. The van der Waals surface area contributed by atoms with Crippen LogP contribution in [0.3, 0.4) is 0 Å². The number of fused-ring (bicyclic) bond motifs is 1. The lowest BCUT2D eigenvalue weighted by atomic mass is 9.70. The molecule has 0 aromatic carbocycles. The number of carbonyl (C=O) groups excluding carboxylic acids is 5. The molecule has 0 aliphatic heterocycles. The van der Waals surface area contributed by atoms with E-state index in [2.05, 4.69) is 13.2 Å². The van der Waals surface area contributed by atoms with Crippen molar-refractivity contribution in [1.29, 1.82) is 0 Å². The average molecular weight is 549 g/mol. The number of carbonyl (C=O) groups is 5. The van der Waals surface area contributed by atoms with E-state index in [0.29, 0.717) is 5.57 Å². The van der Waals surface area contributed by atoms with E-state index in [9.17, 15) is 29.1 Å². The van der Waals surface area contributed by atoms with Gasteiger partial charge < -0.3 is 24.1 Å². The van der Waals surface area contributed by atoms with Gasteiger partial charge >= 0.3 is 23.9 Å². The molecule has 2 rings (SSSR count). The standard InChI is InChI=1S/C29H40O10/c1-15-11-12-27(9,10)18(4)23(36-19(5)30)13-16(2)25(37-20(6)31)29(35)26(38-21(7)32)17(3)14-28(29,24(15)34)39-22(8)33/h11-12,15,17,23,25-26,35H,2,4,13-14H2,1,3,5-10H3/b12-11+/t15-,17+,23+,25+,26+,28+,29-/m1/s1. The smallest absolute Gasteiger partial charge is 0.303 e. The number of Topliss-reactive ketones (excluding diaryl/α,β-unsaturated/α-hetero) is 1. The second-order valence-electron chi connectivity index (χ2n) is 11.2. The highest BCUT2D eigenvalue weighted by atomic mass is 16.6. The zero-order chi connectivity index (χ0) is 30.1. The first-order valence-electron chi connectivity index (χ1n) is 12.8. The van der Waals surface area contributed by atoms with Crippen LogP contribution in [0, 0.1) is 17.3 Å². The third-order valence-electron chi connectivity index (χ3n) is 7.46. The minimum Gasteiger partial charge on any atom is -0.459 e. The zero-order valence-electron chi connectivity index (χ0n) is 24.0. The fourth-order valence-corrected chi connectivity index (χ4v) is 5.64. The summed E-state index contributed by atoms with van der Waals surface area (Å²) in [6.07, 6.45) is -1.20. The highest BCUT2D eigenvalue weighted by Crippen LogP contribution is 2.53. The van der Waals surface area contributed by atoms with Crippen LogP contribution in [0.5, 0.6) is 0 Å². The second kappa shape index (κ2) is 11.5. The van der Waals surface area contributed by atoms with Crippen LogP contribution in [0.2, 0.25) is 0 Å². The minimum atomic E-state index is -2.58. The third kappa shape index (κ3) is 6.16. The topological polar surface area (TPSA) is 143 Å². The number of hydrogen-bond donors (Lipinski definition) is 1. The fraction of sp³-hybridized carbons (Fsp3) is 0.621. The molecular formula is C29H40O10. The number of hydrogen-bond acceptors (Lipinski definition) is 10. The van der Waals surface area contributed by atoms with E-state index >= 15 is 0 Å². The quantitative estimate of drug-likeness (QED) is 0.316. The summed E-state index contributed by atoms with van der Waals surface area (Å²) in [5, 5.41) is 12.6. The summed E-state index contributed by atoms with van der Waals surface area (Å²) in [6.45, 7) is 19.5. The average Bonchev–Trinajstić information content (AvgIpc) is 3.00. The van der Waals surface area contributed by atoms with E-state index in [-0.39, 0.29) is 18.4 Å². The summed E-state index contributed by atoms with van der Waals surface area (Å²) >= 11 is 0. The van der Waals surface area contributed by atoms with Crippen molar-refractivity contribution in [3.8, 4) is 0 Å². The third-order valence-corrected chi connectivity index (χ3v) is 7.46. The van der Waals surface area contributed by atoms with Gasteiger partial charge in [0.2, 0.25) is 5.60 Å². The van der Waals surface area contributed by atoms with Crippen LogP contribution in [0.15, 0.2) is 36.5 Å².